The Balaban J connectivity index is 1.75. The highest BCUT2D eigenvalue weighted by atomic mass is 16.3. The van der Waals surface area contributed by atoms with Gasteiger partial charge in [-0.05, 0) is 63.1 Å². The van der Waals surface area contributed by atoms with E-state index in [0.29, 0.717) is 12.0 Å². The van der Waals surface area contributed by atoms with E-state index in [-0.39, 0.29) is 6.10 Å². The Morgan fingerprint density at radius 3 is 2.84 bits per heavy atom. The number of aliphatic hydroxyl groups excluding tert-OH is 1. The van der Waals surface area contributed by atoms with E-state index in [1.807, 2.05) is 0 Å². The monoisotopic (exact) mass is 261 g/mol. The molecule has 2 rings (SSSR count). The number of aliphatic hydroxyl groups is 1. The highest BCUT2D eigenvalue weighted by Crippen LogP contribution is 2.23. The van der Waals surface area contributed by atoms with Crippen LogP contribution in [-0.4, -0.2) is 23.8 Å². The molecule has 2 nitrogen and oxygen atoms in total. The number of benzene rings is 1. The van der Waals surface area contributed by atoms with Gasteiger partial charge in [0.05, 0.1) is 6.10 Å². The van der Waals surface area contributed by atoms with Gasteiger partial charge in [0.25, 0.3) is 0 Å². The van der Waals surface area contributed by atoms with Crippen molar-refractivity contribution in [2.24, 2.45) is 5.92 Å². The summed E-state index contributed by atoms with van der Waals surface area (Å²) in [6, 6.07) is 9.12. The van der Waals surface area contributed by atoms with Crippen molar-refractivity contribution in [1.82, 2.24) is 5.32 Å². The van der Waals surface area contributed by atoms with E-state index >= 15 is 0 Å². The molecule has 1 aromatic carbocycles. The predicted molar refractivity (Wildman–Crippen MR) is 80.3 cm³/mol. The Kier molecular flexibility index (Phi) is 5.41. The summed E-state index contributed by atoms with van der Waals surface area (Å²) in [4.78, 5) is 0. The molecule has 1 aliphatic rings. The molecule has 0 saturated heterocycles. The topological polar surface area (TPSA) is 32.3 Å². The summed E-state index contributed by atoms with van der Waals surface area (Å²) in [7, 11) is 0. The number of aryl methyl sites for hydroxylation is 1. The van der Waals surface area contributed by atoms with E-state index in [9.17, 15) is 5.11 Å². The summed E-state index contributed by atoms with van der Waals surface area (Å²) in [5, 5.41) is 13.3. The predicted octanol–water partition coefficient (Wildman–Crippen LogP) is 3.07. The number of hydrogen-bond acceptors (Lipinski definition) is 2. The van der Waals surface area contributed by atoms with Crippen LogP contribution in [0.3, 0.4) is 0 Å². The maximum atomic E-state index is 9.69. The van der Waals surface area contributed by atoms with Crippen molar-refractivity contribution in [2.75, 3.05) is 6.54 Å². The van der Waals surface area contributed by atoms with Gasteiger partial charge in [0.15, 0.2) is 0 Å². The zero-order chi connectivity index (χ0) is 13.7. The third-order valence-electron chi connectivity index (χ3n) is 4.30. The molecular weight excluding hydrogens is 234 g/mol. The lowest BCUT2D eigenvalue weighted by Crippen LogP contribution is -2.35. The number of nitrogens with one attached hydrogen (secondary N) is 1. The zero-order valence-electron chi connectivity index (χ0n) is 12.2. The van der Waals surface area contributed by atoms with Crippen LogP contribution in [0, 0.1) is 12.8 Å². The Bertz CT molecular complexity index is 391. The fourth-order valence-corrected chi connectivity index (χ4v) is 3.06. The van der Waals surface area contributed by atoms with Crippen LogP contribution in [-0.2, 0) is 6.42 Å². The molecule has 0 radical (unpaired) electrons. The first-order chi connectivity index (χ1) is 9.15. The van der Waals surface area contributed by atoms with Crippen LogP contribution in [0.2, 0.25) is 0 Å². The minimum Gasteiger partial charge on any atom is -0.393 e. The molecule has 0 aliphatic heterocycles. The number of rotatable bonds is 5. The minimum absolute atomic E-state index is 0.0628. The maximum absolute atomic E-state index is 9.69. The van der Waals surface area contributed by atoms with Crippen molar-refractivity contribution in [3.05, 3.63) is 35.4 Å². The second-order valence-corrected chi connectivity index (χ2v) is 6.13. The molecule has 1 aromatic rings. The first-order valence-electron chi connectivity index (χ1n) is 7.61. The fourth-order valence-electron chi connectivity index (χ4n) is 3.06. The Morgan fingerprint density at radius 2 is 2.11 bits per heavy atom. The molecule has 0 amide bonds. The van der Waals surface area contributed by atoms with Crippen LogP contribution in [0.5, 0.6) is 0 Å². The summed E-state index contributed by atoms with van der Waals surface area (Å²) >= 11 is 0. The Labute approximate surface area is 117 Å². The average molecular weight is 261 g/mol. The Hall–Kier alpha value is -0.860. The summed E-state index contributed by atoms with van der Waals surface area (Å²) in [6.07, 6.45) is 5.44. The van der Waals surface area contributed by atoms with Gasteiger partial charge in [0, 0.05) is 6.04 Å². The van der Waals surface area contributed by atoms with Gasteiger partial charge in [-0.3, -0.25) is 0 Å². The zero-order valence-corrected chi connectivity index (χ0v) is 12.2. The molecule has 0 unspecified atom stereocenters. The van der Waals surface area contributed by atoms with Crippen LogP contribution in [0.25, 0.3) is 0 Å². The largest absolute Gasteiger partial charge is 0.393 e. The third kappa shape index (κ3) is 4.63. The molecule has 0 aromatic heterocycles. The van der Waals surface area contributed by atoms with Crippen molar-refractivity contribution in [3.8, 4) is 0 Å². The van der Waals surface area contributed by atoms with Gasteiger partial charge in [-0.25, -0.2) is 0 Å². The summed E-state index contributed by atoms with van der Waals surface area (Å²) in [6.45, 7) is 5.48. The molecule has 0 bridgehead atoms. The van der Waals surface area contributed by atoms with Gasteiger partial charge < -0.3 is 10.4 Å². The maximum Gasteiger partial charge on any atom is 0.0543 e. The molecule has 2 heteroatoms. The lowest BCUT2D eigenvalue weighted by atomic mass is 9.87. The first kappa shape index (κ1) is 14.5. The molecular formula is C17H27NO. The summed E-state index contributed by atoms with van der Waals surface area (Å²) in [5.74, 6) is 0.656. The summed E-state index contributed by atoms with van der Waals surface area (Å²) < 4.78 is 0. The second kappa shape index (κ2) is 7.06. The third-order valence-corrected chi connectivity index (χ3v) is 4.30. The van der Waals surface area contributed by atoms with Gasteiger partial charge in [-0.15, -0.1) is 0 Å². The van der Waals surface area contributed by atoms with Crippen LogP contribution in [0.1, 0.15) is 43.7 Å². The quantitative estimate of drug-likeness (QED) is 0.854. The van der Waals surface area contributed by atoms with Crippen molar-refractivity contribution in [1.29, 1.82) is 0 Å². The minimum atomic E-state index is -0.0628. The fraction of sp³-hybridized carbons (Fsp3) is 0.647. The van der Waals surface area contributed by atoms with E-state index < -0.39 is 0 Å². The molecule has 0 heterocycles. The summed E-state index contributed by atoms with van der Waals surface area (Å²) in [5.41, 5.74) is 2.82. The lowest BCUT2D eigenvalue weighted by molar-refractivity contribution is 0.0998. The van der Waals surface area contributed by atoms with Gasteiger partial charge in [0.1, 0.15) is 0 Å². The van der Waals surface area contributed by atoms with E-state index in [1.54, 1.807) is 0 Å². The van der Waals surface area contributed by atoms with Gasteiger partial charge in [0.2, 0.25) is 0 Å². The SMILES string of the molecule is Cc1ccccc1C[C@H](C)NC[C@@H]1CCC[C@@H](O)C1. The standard InChI is InChI=1S/C17H27NO/c1-13-6-3-4-8-16(13)10-14(2)18-12-15-7-5-9-17(19)11-15/h3-4,6,8,14-15,17-19H,5,7,9-12H2,1-2H3/t14-,15+,17+/m0/s1. The molecule has 0 spiro atoms. The molecule has 106 valence electrons. The highest BCUT2D eigenvalue weighted by molar-refractivity contribution is 5.26. The van der Waals surface area contributed by atoms with Gasteiger partial charge in [-0.2, -0.15) is 0 Å². The number of hydrogen-bond donors (Lipinski definition) is 2. The van der Waals surface area contributed by atoms with E-state index in [2.05, 4.69) is 43.4 Å². The smallest absolute Gasteiger partial charge is 0.0543 e. The molecule has 1 saturated carbocycles. The van der Waals surface area contributed by atoms with E-state index in [0.717, 1.165) is 25.8 Å². The van der Waals surface area contributed by atoms with Crippen molar-refractivity contribution in [2.45, 2.75) is 58.1 Å². The Morgan fingerprint density at radius 1 is 1.32 bits per heavy atom. The van der Waals surface area contributed by atoms with Crippen molar-refractivity contribution in [3.63, 3.8) is 0 Å². The van der Waals surface area contributed by atoms with Crippen LogP contribution < -0.4 is 5.32 Å². The normalized spacial score (nSPS) is 25.2. The van der Waals surface area contributed by atoms with Gasteiger partial charge in [-0.1, -0.05) is 30.7 Å². The van der Waals surface area contributed by atoms with E-state index in [4.69, 9.17) is 0 Å². The van der Waals surface area contributed by atoms with Crippen molar-refractivity contribution < 1.29 is 5.11 Å². The van der Waals surface area contributed by atoms with Crippen LogP contribution in [0.4, 0.5) is 0 Å². The lowest BCUT2D eigenvalue weighted by Gasteiger charge is -2.27. The second-order valence-electron chi connectivity index (χ2n) is 6.13. The first-order valence-corrected chi connectivity index (χ1v) is 7.61. The van der Waals surface area contributed by atoms with Crippen LogP contribution in [0.15, 0.2) is 24.3 Å². The van der Waals surface area contributed by atoms with E-state index in [1.165, 1.54) is 24.0 Å². The van der Waals surface area contributed by atoms with Crippen molar-refractivity contribution >= 4 is 0 Å². The van der Waals surface area contributed by atoms with Crippen LogP contribution >= 0.6 is 0 Å². The molecule has 1 fully saturated rings. The molecule has 3 atom stereocenters. The molecule has 1 aliphatic carbocycles. The average Bonchev–Trinajstić information content (AvgIpc) is 2.39. The molecule has 2 N–H and O–H groups in total. The molecule has 19 heavy (non-hydrogen) atoms. The van der Waals surface area contributed by atoms with Gasteiger partial charge >= 0.3 is 0 Å². The highest BCUT2D eigenvalue weighted by Gasteiger charge is 2.20.